The molecule has 1 fully saturated rings. The number of morpholine rings is 1. The van der Waals surface area contributed by atoms with Crippen LogP contribution in [-0.2, 0) is 17.8 Å². The molecule has 1 saturated heterocycles. The van der Waals surface area contributed by atoms with E-state index in [1.807, 2.05) is 30.0 Å². The number of hydrogen-bond acceptors (Lipinski definition) is 4. The summed E-state index contributed by atoms with van der Waals surface area (Å²) < 4.78 is 19.8. The number of benzene rings is 1. The summed E-state index contributed by atoms with van der Waals surface area (Å²) in [6, 6.07) is 9.49. The van der Waals surface area contributed by atoms with Crippen molar-refractivity contribution in [2.75, 3.05) is 37.7 Å². The highest BCUT2D eigenvalue weighted by molar-refractivity contribution is 7.09. The summed E-state index contributed by atoms with van der Waals surface area (Å²) in [5, 5.41) is 8.58. The molecule has 2 aromatic rings. The normalized spacial score (nSPS) is 15.2. The zero-order valence-corrected chi connectivity index (χ0v) is 15.8. The van der Waals surface area contributed by atoms with Gasteiger partial charge in [-0.2, -0.15) is 0 Å². The van der Waals surface area contributed by atoms with Crippen molar-refractivity contribution in [3.8, 4) is 0 Å². The average Bonchev–Trinajstić information content (AvgIpc) is 3.18. The van der Waals surface area contributed by atoms with Gasteiger partial charge < -0.3 is 20.3 Å². The van der Waals surface area contributed by atoms with E-state index in [4.69, 9.17) is 4.74 Å². The molecule has 5 nitrogen and oxygen atoms in total. The maximum Gasteiger partial charge on any atom is 0.191 e. The standard InChI is InChI=1S/C19H25FN4OS/c1-2-21-19(23-14-16-4-3-11-26-16)22-13-15-5-6-18(17(20)12-15)24-7-9-25-10-8-24/h3-6,11-12H,2,7-10,13-14H2,1H3,(H2,21,22,23). The summed E-state index contributed by atoms with van der Waals surface area (Å²) in [5.74, 6) is 0.537. The topological polar surface area (TPSA) is 48.9 Å². The number of halogens is 1. The van der Waals surface area contributed by atoms with E-state index in [9.17, 15) is 4.39 Å². The highest BCUT2D eigenvalue weighted by Crippen LogP contribution is 2.22. The third kappa shape index (κ3) is 5.19. The fourth-order valence-corrected chi connectivity index (χ4v) is 3.45. The van der Waals surface area contributed by atoms with Gasteiger partial charge in [-0.3, -0.25) is 0 Å². The molecule has 1 aromatic heterocycles. The fraction of sp³-hybridized carbons (Fsp3) is 0.421. The number of thiophene rings is 1. The van der Waals surface area contributed by atoms with Gasteiger partial charge in [0.05, 0.1) is 32.0 Å². The molecule has 0 atom stereocenters. The Bertz CT molecular complexity index is 714. The molecule has 0 amide bonds. The Labute approximate surface area is 157 Å². The van der Waals surface area contributed by atoms with Gasteiger partial charge in [0.25, 0.3) is 0 Å². The predicted octanol–water partition coefficient (Wildman–Crippen LogP) is 2.98. The number of anilines is 1. The van der Waals surface area contributed by atoms with Crippen LogP contribution in [0.3, 0.4) is 0 Å². The Hall–Kier alpha value is -2.12. The third-order valence-corrected chi connectivity index (χ3v) is 5.01. The highest BCUT2D eigenvalue weighted by Gasteiger charge is 2.15. The molecule has 0 bridgehead atoms. The van der Waals surface area contributed by atoms with Crippen molar-refractivity contribution < 1.29 is 9.13 Å². The highest BCUT2D eigenvalue weighted by atomic mass is 32.1. The molecule has 2 N–H and O–H groups in total. The monoisotopic (exact) mass is 376 g/mol. The Morgan fingerprint density at radius 1 is 1.27 bits per heavy atom. The van der Waals surface area contributed by atoms with Crippen LogP contribution in [0.1, 0.15) is 17.4 Å². The lowest BCUT2D eigenvalue weighted by molar-refractivity contribution is 0.122. The number of rotatable bonds is 6. The van der Waals surface area contributed by atoms with E-state index < -0.39 is 0 Å². The van der Waals surface area contributed by atoms with Crippen LogP contribution in [0.4, 0.5) is 10.1 Å². The Morgan fingerprint density at radius 2 is 2.12 bits per heavy atom. The van der Waals surface area contributed by atoms with Gasteiger partial charge in [0.15, 0.2) is 5.96 Å². The zero-order chi connectivity index (χ0) is 18.2. The van der Waals surface area contributed by atoms with Crippen LogP contribution in [0.15, 0.2) is 40.7 Å². The Kier molecular flexibility index (Phi) is 6.85. The van der Waals surface area contributed by atoms with Crippen molar-refractivity contribution in [1.82, 2.24) is 10.6 Å². The molecular weight excluding hydrogens is 351 g/mol. The number of nitrogens with one attached hydrogen (secondary N) is 2. The predicted molar refractivity (Wildman–Crippen MR) is 105 cm³/mol. The van der Waals surface area contributed by atoms with E-state index >= 15 is 0 Å². The van der Waals surface area contributed by atoms with Crippen LogP contribution in [0.5, 0.6) is 0 Å². The first-order valence-corrected chi connectivity index (χ1v) is 9.80. The minimum absolute atomic E-state index is 0.198. The number of aliphatic imine (C=N–C) groups is 1. The van der Waals surface area contributed by atoms with Crippen LogP contribution in [-0.4, -0.2) is 38.8 Å². The SMILES string of the molecule is CCNC(=NCc1ccc(N2CCOCC2)c(F)c1)NCc1cccs1. The van der Waals surface area contributed by atoms with Gasteiger partial charge in [-0.15, -0.1) is 11.3 Å². The molecule has 0 saturated carbocycles. The molecule has 0 spiro atoms. The zero-order valence-electron chi connectivity index (χ0n) is 15.0. The summed E-state index contributed by atoms with van der Waals surface area (Å²) in [5.41, 5.74) is 1.50. The lowest BCUT2D eigenvalue weighted by atomic mass is 10.1. The van der Waals surface area contributed by atoms with Crippen molar-refractivity contribution in [3.05, 3.63) is 52.0 Å². The molecule has 0 radical (unpaired) electrons. The van der Waals surface area contributed by atoms with Gasteiger partial charge in [-0.1, -0.05) is 12.1 Å². The molecule has 1 aromatic carbocycles. The molecule has 2 heterocycles. The third-order valence-electron chi connectivity index (χ3n) is 4.14. The van der Waals surface area contributed by atoms with E-state index in [1.165, 1.54) is 4.88 Å². The average molecular weight is 377 g/mol. The second-order valence-electron chi connectivity index (χ2n) is 6.01. The van der Waals surface area contributed by atoms with Crippen molar-refractivity contribution in [2.45, 2.75) is 20.0 Å². The van der Waals surface area contributed by atoms with Gasteiger partial charge >= 0.3 is 0 Å². The van der Waals surface area contributed by atoms with Crippen LogP contribution in [0.25, 0.3) is 0 Å². The molecule has 26 heavy (non-hydrogen) atoms. The maximum absolute atomic E-state index is 14.5. The lowest BCUT2D eigenvalue weighted by Crippen LogP contribution is -2.37. The van der Waals surface area contributed by atoms with Crippen molar-refractivity contribution in [2.24, 2.45) is 4.99 Å². The minimum atomic E-state index is -0.198. The summed E-state index contributed by atoms with van der Waals surface area (Å²) in [6.45, 7) is 6.71. The van der Waals surface area contributed by atoms with Gasteiger partial charge in [-0.05, 0) is 36.1 Å². The van der Waals surface area contributed by atoms with Gasteiger partial charge in [0.2, 0.25) is 0 Å². The number of hydrogen-bond donors (Lipinski definition) is 2. The second-order valence-corrected chi connectivity index (χ2v) is 7.05. The van der Waals surface area contributed by atoms with Crippen molar-refractivity contribution in [3.63, 3.8) is 0 Å². The summed E-state index contributed by atoms with van der Waals surface area (Å²) >= 11 is 1.71. The lowest BCUT2D eigenvalue weighted by Gasteiger charge is -2.29. The molecule has 1 aliphatic rings. The molecule has 0 unspecified atom stereocenters. The second kappa shape index (κ2) is 9.54. The fourth-order valence-electron chi connectivity index (χ4n) is 2.81. The van der Waals surface area contributed by atoms with E-state index in [1.54, 1.807) is 17.4 Å². The van der Waals surface area contributed by atoms with Crippen LogP contribution in [0.2, 0.25) is 0 Å². The van der Waals surface area contributed by atoms with E-state index in [-0.39, 0.29) is 5.82 Å². The van der Waals surface area contributed by atoms with E-state index in [0.717, 1.165) is 37.7 Å². The van der Waals surface area contributed by atoms with E-state index in [0.29, 0.717) is 25.4 Å². The minimum Gasteiger partial charge on any atom is -0.378 e. The summed E-state index contributed by atoms with van der Waals surface area (Å²) in [4.78, 5) is 7.84. The van der Waals surface area contributed by atoms with Gasteiger partial charge in [0.1, 0.15) is 5.82 Å². The molecule has 7 heteroatoms. The van der Waals surface area contributed by atoms with Crippen molar-refractivity contribution in [1.29, 1.82) is 0 Å². The summed E-state index contributed by atoms with van der Waals surface area (Å²) in [7, 11) is 0. The van der Waals surface area contributed by atoms with Crippen LogP contribution in [0, 0.1) is 5.82 Å². The van der Waals surface area contributed by atoms with Gasteiger partial charge in [0, 0.05) is 24.5 Å². The Morgan fingerprint density at radius 3 is 2.81 bits per heavy atom. The number of nitrogens with zero attached hydrogens (tertiary/aromatic N) is 2. The van der Waals surface area contributed by atoms with Crippen LogP contribution < -0.4 is 15.5 Å². The van der Waals surface area contributed by atoms with Gasteiger partial charge in [-0.25, -0.2) is 9.38 Å². The molecule has 1 aliphatic heterocycles. The number of guanidine groups is 1. The molecule has 3 rings (SSSR count). The Balaban J connectivity index is 1.62. The first-order chi connectivity index (χ1) is 12.8. The van der Waals surface area contributed by atoms with Crippen molar-refractivity contribution >= 4 is 23.0 Å². The van der Waals surface area contributed by atoms with E-state index in [2.05, 4.69) is 27.1 Å². The molecular formula is C19H25FN4OS. The largest absolute Gasteiger partial charge is 0.378 e. The first-order valence-electron chi connectivity index (χ1n) is 8.92. The smallest absolute Gasteiger partial charge is 0.191 e. The first kappa shape index (κ1) is 18.7. The summed E-state index contributed by atoms with van der Waals surface area (Å²) in [6.07, 6.45) is 0. The molecule has 140 valence electrons. The molecule has 0 aliphatic carbocycles. The number of ether oxygens (including phenoxy) is 1. The quantitative estimate of drug-likeness (QED) is 0.601. The van der Waals surface area contributed by atoms with Crippen LogP contribution >= 0.6 is 11.3 Å². The maximum atomic E-state index is 14.5.